The van der Waals surface area contributed by atoms with Crippen molar-refractivity contribution >= 4 is 28.8 Å². The van der Waals surface area contributed by atoms with Gasteiger partial charge in [0.05, 0.1) is 19.9 Å². The normalized spacial score (nSPS) is 11.7. The molecule has 3 aromatic rings. The molecule has 0 fully saturated rings. The lowest BCUT2D eigenvalue weighted by atomic mass is 10.1. The number of nitrogens with one attached hydrogen (secondary N) is 1. The quantitative estimate of drug-likeness (QED) is 0.565. The molecule has 0 bridgehead atoms. The summed E-state index contributed by atoms with van der Waals surface area (Å²) in [6.07, 6.45) is 0. The highest BCUT2D eigenvalue weighted by molar-refractivity contribution is 7.13. The zero-order valence-corrected chi connectivity index (χ0v) is 17.4. The van der Waals surface area contributed by atoms with Gasteiger partial charge in [0.25, 0.3) is 0 Å². The number of thiazole rings is 1. The van der Waals surface area contributed by atoms with E-state index in [1.807, 2.05) is 47.8 Å². The lowest BCUT2D eigenvalue weighted by Gasteiger charge is -2.08. The van der Waals surface area contributed by atoms with Gasteiger partial charge < -0.3 is 14.8 Å². The minimum Gasteiger partial charge on any atom is -0.493 e. The molecule has 5 nitrogen and oxygen atoms in total. The summed E-state index contributed by atoms with van der Waals surface area (Å²) >= 11 is 7.33. The van der Waals surface area contributed by atoms with Crippen LogP contribution in [0.15, 0.2) is 47.8 Å². The van der Waals surface area contributed by atoms with E-state index in [1.165, 1.54) is 0 Å². The Morgan fingerprint density at radius 3 is 2.43 bits per heavy atom. The van der Waals surface area contributed by atoms with Gasteiger partial charge in [0.2, 0.25) is 5.91 Å². The van der Waals surface area contributed by atoms with Crippen molar-refractivity contribution in [2.75, 3.05) is 14.2 Å². The van der Waals surface area contributed by atoms with Crippen LogP contribution in [0.1, 0.15) is 12.5 Å². The van der Waals surface area contributed by atoms with Crippen molar-refractivity contribution in [2.24, 2.45) is 0 Å². The molecule has 1 aromatic heterocycles. The number of hydrogen-bond donors (Lipinski definition) is 1. The largest absolute Gasteiger partial charge is 0.493 e. The molecule has 1 heterocycles. The van der Waals surface area contributed by atoms with E-state index in [4.69, 9.17) is 26.1 Å². The minimum absolute atomic E-state index is 0.176. The van der Waals surface area contributed by atoms with Crippen LogP contribution >= 0.6 is 22.9 Å². The minimum atomic E-state index is -0.537. The van der Waals surface area contributed by atoms with Crippen molar-refractivity contribution in [3.8, 4) is 33.3 Å². The van der Waals surface area contributed by atoms with Crippen LogP contribution in [0.3, 0.4) is 0 Å². The van der Waals surface area contributed by atoms with E-state index in [-0.39, 0.29) is 5.91 Å². The van der Waals surface area contributed by atoms with Crippen LogP contribution in [0.25, 0.3) is 21.8 Å². The van der Waals surface area contributed by atoms with Crippen LogP contribution in [-0.4, -0.2) is 30.5 Å². The number of hydrogen-bond acceptors (Lipinski definition) is 5. The van der Waals surface area contributed by atoms with Gasteiger partial charge >= 0.3 is 0 Å². The molecule has 28 heavy (non-hydrogen) atoms. The fourth-order valence-electron chi connectivity index (χ4n) is 2.63. The van der Waals surface area contributed by atoms with Gasteiger partial charge in [-0.1, -0.05) is 24.3 Å². The third-order valence-electron chi connectivity index (χ3n) is 4.21. The van der Waals surface area contributed by atoms with Crippen molar-refractivity contribution in [2.45, 2.75) is 18.8 Å². The number of benzene rings is 2. The van der Waals surface area contributed by atoms with Crippen molar-refractivity contribution < 1.29 is 14.3 Å². The molecule has 1 atom stereocenters. The predicted molar refractivity (Wildman–Crippen MR) is 113 cm³/mol. The summed E-state index contributed by atoms with van der Waals surface area (Å²) in [5.41, 5.74) is 3.88. The summed E-state index contributed by atoms with van der Waals surface area (Å²) in [6.45, 7) is 2.10. The molecular weight excluding hydrogens is 396 g/mol. The summed E-state index contributed by atoms with van der Waals surface area (Å²) in [7, 11) is 3.23. The standard InChI is InChI=1S/C21H21ClN2O3S/c1-13(22)20(25)23-11-14-4-6-15(7-5-14)21-24-17(12-28-21)16-8-9-18(26-2)19(10-16)27-3/h4-10,12-13H,11H2,1-3H3,(H,23,25). The Balaban J connectivity index is 1.74. The number of ether oxygens (including phenoxy) is 2. The molecule has 0 saturated heterocycles. The number of carbonyl (C=O) groups is 1. The first-order chi connectivity index (χ1) is 13.5. The summed E-state index contributed by atoms with van der Waals surface area (Å²) < 4.78 is 10.7. The third-order valence-corrected chi connectivity index (χ3v) is 5.30. The Morgan fingerprint density at radius 1 is 1.11 bits per heavy atom. The fraction of sp³-hybridized carbons (Fsp3) is 0.238. The van der Waals surface area contributed by atoms with Gasteiger partial charge in [-0.2, -0.15) is 0 Å². The van der Waals surface area contributed by atoms with E-state index in [0.29, 0.717) is 18.0 Å². The van der Waals surface area contributed by atoms with Crippen LogP contribution in [0.2, 0.25) is 0 Å². The highest BCUT2D eigenvalue weighted by Gasteiger charge is 2.11. The molecule has 1 N–H and O–H groups in total. The number of halogens is 1. The maximum Gasteiger partial charge on any atom is 0.238 e. The summed E-state index contributed by atoms with van der Waals surface area (Å²) in [4.78, 5) is 16.3. The highest BCUT2D eigenvalue weighted by atomic mass is 35.5. The number of methoxy groups -OCH3 is 2. The average Bonchev–Trinajstić information content (AvgIpc) is 3.22. The van der Waals surface area contributed by atoms with E-state index in [9.17, 15) is 4.79 Å². The second kappa shape index (κ2) is 9.08. The van der Waals surface area contributed by atoms with Crippen LogP contribution < -0.4 is 14.8 Å². The van der Waals surface area contributed by atoms with Crippen molar-refractivity contribution in [3.05, 3.63) is 53.4 Å². The monoisotopic (exact) mass is 416 g/mol. The average molecular weight is 417 g/mol. The highest BCUT2D eigenvalue weighted by Crippen LogP contribution is 2.34. The van der Waals surface area contributed by atoms with Gasteiger partial charge in [-0.25, -0.2) is 4.98 Å². The molecular formula is C21H21ClN2O3S. The van der Waals surface area contributed by atoms with E-state index in [0.717, 1.165) is 27.4 Å². The Kier molecular flexibility index (Phi) is 6.54. The molecule has 0 aliphatic heterocycles. The first-order valence-electron chi connectivity index (χ1n) is 8.71. The molecule has 1 unspecified atom stereocenters. The van der Waals surface area contributed by atoms with Gasteiger partial charge in [-0.15, -0.1) is 22.9 Å². The smallest absolute Gasteiger partial charge is 0.238 e. The van der Waals surface area contributed by atoms with Gasteiger partial charge in [0.1, 0.15) is 10.4 Å². The Labute approximate surface area is 173 Å². The number of aromatic nitrogens is 1. The number of amides is 1. The van der Waals surface area contributed by atoms with E-state index in [1.54, 1.807) is 32.5 Å². The first kappa shape index (κ1) is 20.2. The lowest BCUT2D eigenvalue weighted by molar-refractivity contribution is -0.120. The fourth-order valence-corrected chi connectivity index (χ4v) is 3.54. The van der Waals surface area contributed by atoms with E-state index >= 15 is 0 Å². The molecule has 0 aliphatic carbocycles. The number of rotatable bonds is 7. The molecule has 1 amide bonds. The zero-order valence-electron chi connectivity index (χ0n) is 15.9. The Hall–Kier alpha value is -2.57. The molecule has 146 valence electrons. The number of alkyl halides is 1. The Bertz CT molecular complexity index is 955. The molecule has 3 rings (SSSR count). The van der Waals surface area contributed by atoms with Crippen LogP contribution in [0.4, 0.5) is 0 Å². The SMILES string of the molecule is COc1ccc(-c2csc(-c3ccc(CNC(=O)C(C)Cl)cc3)n2)cc1OC. The molecule has 2 aromatic carbocycles. The number of nitrogens with zero attached hydrogens (tertiary/aromatic N) is 1. The molecule has 0 spiro atoms. The topological polar surface area (TPSA) is 60.5 Å². The van der Waals surface area contributed by atoms with Crippen molar-refractivity contribution in [1.29, 1.82) is 0 Å². The summed E-state index contributed by atoms with van der Waals surface area (Å²) in [5, 5.41) is 5.21. The second-order valence-corrected chi connectivity index (χ2v) is 7.65. The van der Waals surface area contributed by atoms with Gasteiger partial charge in [-0.3, -0.25) is 4.79 Å². The van der Waals surface area contributed by atoms with E-state index < -0.39 is 5.38 Å². The van der Waals surface area contributed by atoms with Crippen molar-refractivity contribution in [1.82, 2.24) is 10.3 Å². The zero-order chi connectivity index (χ0) is 20.1. The van der Waals surface area contributed by atoms with Gasteiger partial charge in [-0.05, 0) is 30.7 Å². The van der Waals surface area contributed by atoms with Crippen molar-refractivity contribution in [3.63, 3.8) is 0 Å². The lowest BCUT2D eigenvalue weighted by Crippen LogP contribution is -2.28. The number of carbonyl (C=O) groups excluding carboxylic acids is 1. The maximum absolute atomic E-state index is 11.6. The predicted octanol–water partition coefficient (Wildman–Crippen LogP) is 4.74. The van der Waals surface area contributed by atoms with Gasteiger partial charge in [0.15, 0.2) is 11.5 Å². The second-order valence-electron chi connectivity index (χ2n) is 6.14. The Morgan fingerprint density at radius 2 is 1.79 bits per heavy atom. The maximum atomic E-state index is 11.6. The van der Waals surface area contributed by atoms with Gasteiger partial charge in [0, 0.05) is 23.1 Å². The van der Waals surface area contributed by atoms with E-state index in [2.05, 4.69) is 5.32 Å². The molecule has 0 saturated carbocycles. The first-order valence-corrected chi connectivity index (χ1v) is 10.0. The molecule has 0 radical (unpaired) electrons. The molecule has 7 heteroatoms. The van der Waals surface area contributed by atoms with Crippen LogP contribution in [0.5, 0.6) is 11.5 Å². The van der Waals surface area contributed by atoms with Crippen LogP contribution in [-0.2, 0) is 11.3 Å². The summed E-state index contributed by atoms with van der Waals surface area (Å²) in [6, 6.07) is 13.7. The third kappa shape index (κ3) is 4.64. The summed E-state index contributed by atoms with van der Waals surface area (Å²) in [5.74, 6) is 1.19. The molecule has 0 aliphatic rings. The van der Waals surface area contributed by atoms with Crippen LogP contribution in [0, 0.1) is 0 Å².